The number of anilines is 1. The second-order valence-electron chi connectivity index (χ2n) is 7.53. The van der Waals surface area contributed by atoms with Crippen LogP contribution < -0.4 is 9.64 Å². The monoisotopic (exact) mass is 373 g/mol. The van der Waals surface area contributed by atoms with Crippen molar-refractivity contribution < 1.29 is 14.3 Å². The van der Waals surface area contributed by atoms with E-state index in [-0.39, 0.29) is 24.3 Å². The number of imide groups is 1. The van der Waals surface area contributed by atoms with Crippen LogP contribution in [0.25, 0.3) is 0 Å². The van der Waals surface area contributed by atoms with E-state index in [4.69, 9.17) is 4.74 Å². The summed E-state index contributed by atoms with van der Waals surface area (Å²) >= 11 is 0. The number of hydrogen-bond acceptors (Lipinski definition) is 5. The highest BCUT2D eigenvalue weighted by atomic mass is 16.5. The van der Waals surface area contributed by atoms with Crippen molar-refractivity contribution >= 4 is 17.5 Å². The molecule has 1 aromatic rings. The molecule has 2 amide bonds. The molecular weight excluding hydrogens is 342 g/mol. The Bertz CT molecular complexity index is 639. The van der Waals surface area contributed by atoms with Gasteiger partial charge in [0.05, 0.1) is 24.8 Å². The lowest BCUT2D eigenvalue weighted by Gasteiger charge is -2.35. The molecule has 0 bridgehead atoms. The van der Waals surface area contributed by atoms with Crippen molar-refractivity contribution in [1.82, 2.24) is 9.80 Å². The predicted molar refractivity (Wildman–Crippen MR) is 106 cm³/mol. The highest BCUT2D eigenvalue weighted by Crippen LogP contribution is 2.28. The summed E-state index contributed by atoms with van der Waals surface area (Å²) in [7, 11) is 2.08. The van der Waals surface area contributed by atoms with Crippen molar-refractivity contribution in [2.45, 2.75) is 45.1 Å². The Morgan fingerprint density at radius 1 is 1.00 bits per heavy atom. The molecule has 27 heavy (non-hydrogen) atoms. The number of hydrogen-bond donors (Lipinski definition) is 0. The molecule has 1 atom stereocenters. The maximum absolute atomic E-state index is 12.9. The second-order valence-corrected chi connectivity index (χ2v) is 7.53. The minimum absolute atomic E-state index is 0.0993. The molecular formula is C21H31N3O3. The van der Waals surface area contributed by atoms with E-state index in [2.05, 4.69) is 23.8 Å². The standard InChI is InChI=1S/C21H31N3O3/c1-3-4-5-6-15-27-18-9-7-17(8-10-18)24-20(25)16-19(21(24)26)23-13-11-22(2)12-14-23/h7-10,19H,3-6,11-16H2,1-2H3. The maximum Gasteiger partial charge on any atom is 0.251 e. The minimum atomic E-state index is -0.319. The first kappa shape index (κ1) is 19.8. The van der Waals surface area contributed by atoms with Gasteiger partial charge in [0.2, 0.25) is 5.91 Å². The van der Waals surface area contributed by atoms with E-state index in [0.29, 0.717) is 12.3 Å². The highest BCUT2D eigenvalue weighted by molar-refractivity contribution is 6.22. The van der Waals surface area contributed by atoms with Crippen LogP contribution in [0.1, 0.15) is 39.0 Å². The average molecular weight is 373 g/mol. The van der Waals surface area contributed by atoms with Crippen LogP contribution in [-0.4, -0.2) is 67.5 Å². The molecule has 2 aliphatic rings. The molecule has 1 unspecified atom stereocenters. The fourth-order valence-electron chi connectivity index (χ4n) is 3.72. The minimum Gasteiger partial charge on any atom is -0.494 e. The predicted octanol–water partition coefficient (Wildman–Crippen LogP) is 2.53. The largest absolute Gasteiger partial charge is 0.494 e. The zero-order valence-electron chi connectivity index (χ0n) is 16.5. The van der Waals surface area contributed by atoms with E-state index < -0.39 is 0 Å². The van der Waals surface area contributed by atoms with Crippen LogP contribution in [0.5, 0.6) is 5.75 Å². The van der Waals surface area contributed by atoms with E-state index in [0.717, 1.165) is 38.3 Å². The van der Waals surface area contributed by atoms with Gasteiger partial charge in [0.25, 0.3) is 5.91 Å². The van der Waals surface area contributed by atoms with Gasteiger partial charge in [-0.1, -0.05) is 26.2 Å². The molecule has 3 rings (SSSR count). The Morgan fingerprint density at radius 2 is 1.70 bits per heavy atom. The summed E-state index contributed by atoms with van der Waals surface area (Å²) in [5, 5.41) is 0. The topological polar surface area (TPSA) is 53.1 Å². The third-order valence-corrected chi connectivity index (χ3v) is 5.46. The number of carbonyl (C=O) groups excluding carboxylic acids is 2. The summed E-state index contributed by atoms with van der Waals surface area (Å²) in [5.41, 5.74) is 0.639. The van der Waals surface area contributed by atoms with E-state index in [9.17, 15) is 9.59 Å². The number of ether oxygens (including phenoxy) is 1. The quantitative estimate of drug-likeness (QED) is 0.518. The van der Waals surface area contributed by atoms with Gasteiger partial charge in [0.15, 0.2) is 0 Å². The van der Waals surface area contributed by atoms with Gasteiger partial charge in [-0.2, -0.15) is 0 Å². The van der Waals surface area contributed by atoms with Gasteiger partial charge in [-0.3, -0.25) is 14.5 Å². The van der Waals surface area contributed by atoms with E-state index in [1.165, 1.54) is 24.2 Å². The van der Waals surface area contributed by atoms with Crippen LogP contribution in [0.2, 0.25) is 0 Å². The lowest BCUT2D eigenvalue weighted by molar-refractivity contribution is -0.123. The molecule has 2 aliphatic heterocycles. The van der Waals surface area contributed by atoms with Crippen LogP contribution in [0.3, 0.4) is 0 Å². The SMILES string of the molecule is CCCCCCOc1ccc(N2C(=O)CC(N3CCN(C)CC3)C2=O)cc1. The number of carbonyl (C=O) groups is 2. The van der Waals surface area contributed by atoms with Gasteiger partial charge >= 0.3 is 0 Å². The highest BCUT2D eigenvalue weighted by Gasteiger charge is 2.43. The lowest BCUT2D eigenvalue weighted by Crippen LogP contribution is -2.51. The van der Waals surface area contributed by atoms with Crippen LogP contribution in [0, 0.1) is 0 Å². The molecule has 2 fully saturated rings. The fraction of sp³-hybridized carbons (Fsp3) is 0.619. The molecule has 0 radical (unpaired) electrons. The summed E-state index contributed by atoms with van der Waals surface area (Å²) < 4.78 is 5.75. The molecule has 2 heterocycles. The number of unbranched alkanes of at least 4 members (excludes halogenated alkanes) is 3. The summed E-state index contributed by atoms with van der Waals surface area (Å²) in [5.74, 6) is 0.569. The zero-order valence-corrected chi connectivity index (χ0v) is 16.5. The fourth-order valence-corrected chi connectivity index (χ4v) is 3.72. The van der Waals surface area contributed by atoms with Crippen molar-refractivity contribution in [1.29, 1.82) is 0 Å². The van der Waals surface area contributed by atoms with Gasteiger partial charge in [0, 0.05) is 26.2 Å². The van der Waals surface area contributed by atoms with Crippen LogP contribution in [0.15, 0.2) is 24.3 Å². The molecule has 6 nitrogen and oxygen atoms in total. The van der Waals surface area contributed by atoms with E-state index in [1.807, 2.05) is 24.3 Å². The van der Waals surface area contributed by atoms with Gasteiger partial charge in [0.1, 0.15) is 5.75 Å². The summed E-state index contributed by atoms with van der Waals surface area (Å²) in [6.07, 6.45) is 4.94. The molecule has 2 saturated heterocycles. The molecule has 0 N–H and O–H groups in total. The van der Waals surface area contributed by atoms with Gasteiger partial charge in [-0.05, 0) is 37.7 Å². The van der Waals surface area contributed by atoms with Crippen molar-refractivity contribution in [3.8, 4) is 5.75 Å². The van der Waals surface area contributed by atoms with E-state index in [1.54, 1.807) is 0 Å². The number of amides is 2. The Labute approximate surface area is 162 Å². The first-order valence-electron chi connectivity index (χ1n) is 10.1. The first-order chi connectivity index (χ1) is 13.1. The second kappa shape index (κ2) is 9.33. The third-order valence-electron chi connectivity index (χ3n) is 5.46. The molecule has 0 spiro atoms. The molecule has 1 aromatic carbocycles. The number of benzene rings is 1. The van der Waals surface area contributed by atoms with Crippen molar-refractivity contribution in [2.24, 2.45) is 0 Å². The normalized spacial score (nSPS) is 21.9. The Kier molecular flexibility index (Phi) is 6.85. The number of rotatable bonds is 8. The zero-order chi connectivity index (χ0) is 19.2. The molecule has 0 aliphatic carbocycles. The summed E-state index contributed by atoms with van der Waals surface area (Å²) in [4.78, 5) is 31.1. The maximum atomic E-state index is 12.9. The van der Waals surface area contributed by atoms with Gasteiger partial charge in [-0.25, -0.2) is 4.90 Å². The first-order valence-corrected chi connectivity index (χ1v) is 10.1. The number of likely N-dealkylation sites (N-methyl/N-ethyl adjacent to an activating group) is 1. The Hall–Kier alpha value is -1.92. The van der Waals surface area contributed by atoms with Crippen molar-refractivity contribution in [2.75, 3.05) is 44.7 Å². The summed E-state index contributed by atoms with van der Waals surface area (Å²) in [6.45, 7) is 6.42. The molecule has 0 saturated carbocycles. The third kappa shape index (κ3) is 4.87. The lowest BCUT2D eigenvalue weighted by atomic mass is 10.2. The van der Waals surface area contributed by atoms with Crippen LogP contribution in [-0.2, 0) is 9.59 Å². The molecule has 0 aromatic heterocycles. The van der Waals surface area contributed by atoms with Crippen molar-refractivity contribution in [3.05, 3.63) is 24.3 Å². The average Bonchev–Trinajstić information content (AvgIpc) is 2.97. The van der Waals surface area contributed by atoms with Gasteiger partial charge < -0.3 is 9.64 Å². The van der Waals surface area contributed by atoms with Crippen molar-refractivity contribution in [3.63, 3.8) is 0 Å². The number of nitrogens with zero attached hydrogens (tertiary/aromatic N) is 3. The number of piperazine rings is 1. The molecule has 6 heteroatoms. The van der Waals surface area contributed by atoms with Crippen LogP contribution in [0.4, 0.5) is 5.69 Å². The Balaban J connectivity index is 1.57. The molecule has 148 valence electrons. The Morgan fingerprint density at radius 3 is 2.37 bits per heavy atom. The smallest absolute Gasteiger partial charge is 0.251 e. The van der Waals surface area contributed by atoms with Crippen LogP contribution >= 0.6 is 0 Å². The van der Waals surface area contributed by atoms with E-state index >= 15 is 0 Å². The summed E-state index contributed by atoms with van der Waals surface area (Å²) in [6, 6.07) is 6.99. The van der Waals surface area contributed by atoms with Gasteiger partial charge in [-0.15, -0.1) is 0 Å².